The Balaban J connectivity index is 1.78. The second-order valence-electron chi connectivity index (χ2n) is 5.10. The van der Waals surface area contributed by atoms with Crippen molar-refractivity contribution in [3.63, 3.8) is 0 Å². The molecule has 0 amide bonds. The van der Waals surface area contributed by atoms with Crippen LogP contribution in [0.1, 0.15) is 18.4 Å². The van der Waals surface area contributed by atoms with Crippen molar-refractivity contribution in [2.45, 2.75) is 25.4 Å². The molecule has 92 valence electrons. The molecule has 1 N–H and O–H groups in total. The van der Waals surface area contributed by atoms with Gasteiger partial charge in [-0.1, -0.05) is 6.07 Å². The van der Waals surface area contributed by atoms with Gasteiger partial charge in [0.2, 0.25) is 0 Å². The first-order chi connectivity index (χ1) is 8.33. The Bertz CT molecular complexity index is 405. The lowest BCUT2D eigenvalue weighted by molar-refractivity contribution is 0.206. The topological polar surface area (TPSA) is 24.5 Å². The van der Waals surface area contributed by atoms with Crippen LogP contribution in [0, 0.1) is 0 Å². The predicted octanol–water partition coefficient (Wildman–Crippen LogP) is 2.13. The van der Waals surface area contributed by atoms with E-state index < -0.39 is 0 Å². The number of anilines is 1. The smallest absolute Gasteiger partial charge is 0.125 e. The van der Waals surface area contributed by atoms with Crippen LogP contribution >= 0.6 is 0 Å². The van der Waals surface area contributed by atoms with Gasteiger partial charge in [-0.05, 0) is 38.4 Å². The third-order valence-electron chi connectivity index (χ3n) is 3.69. The molecule has 0 spiro atoms. The first-order valence-corrected chi connectivity index (χ1v) is 6.54. The predicted molar refractivity (Wildman–Crippen MR) is 69.8 cm³/mol. The van der Waals surface area contributed by atoms with Crippen LogP contribution in [0.4, 0.5) is 5.69 Å². The normalized spacial score (nSPS) is 24.2. The summed E-state index contributed by atoms with van der Waals surface area (Å²) in [5, 5.41) is 3.45. The standard InChI is InChI=1S/C14H20N2O/c1-16-9-7-11(10-16)17-14-6-2-5-13-12(14)4-3-8-15-13/h2,5-6,11,15H,3-4,7-10H2,1H3. The lowest BCUT2D eigenvalue weighted by Gasteiger charge is -2.23. The lowest BCUT2D eigenvalue weighted by atomic mass is 10.0. The van der Waals surface area contributed by atoms with E-state index in [0.717, 1.165) is 38.2 Å². The van der Waals surface area contributed by atoms with E-state index in [1.54, 1.807) is 0 Å². The van der Waals surface area contributed by atoms with Crippen molar-refractivity contribution < 1.29 is 4.74 Å². The minimum atomic E-state index is 0.369. The van der Waals surface area contributed by atoms with E-state index in [1.807, 2.05) is 0 Å². The average Bonchev–Trinajstić information content (AvgIpc) is 2.75. The van der Waals surface area contributed by atoms with Crippen molar-refractivity contribution in [1.29, 1.82) is 0 Å². The van der Waals surface area contributed by atoms with E-state index in [1.165, 1.54) is 17.7 Å². The fraction of sp³-hybridized carbons (Fsp3) is 0.571. The summed E-state index contributed by atoms with van der Waals surface area (Å²) < 4.78 is 6.16. The van der Waals surface area contributed by atoms with Gasteiger partial charge in [-0.2, -0.15) is 0 Å². The van der Waals surface area contributed by atoms with E-state index in [0.29, 0.717) is 6.10 Å². The number of nitrogens with zero attached hydrogens (tertiary/aromatic N) is 1. The van der Waals surface area contributed by atoms with Crippen LogP contribution in [0.15, 0.2) is 18.2 Å². The lowest BCUT2D eigenvalue weighted by Crippen LogP contribution is -2.22. The van der Waals surface area contributed by atoms with Gasteiger partial charge in [0.15, 0.2) is 0 Å². The van der Waals surface area contributed by atoms with Crippen molar-refractivity contribution in [2.75, 3.05) is 32.0 Å². The molecule has 0 aromatic heterocycles. The Labute approximate surface area is 103 Å². The summed E-state index contributed by atoms with van der Waals surface area (Å²) in [6.45, 7) is 3.29. The molecule has 1 aromatic carbocycles. The number of rotatable bonds is 2. The summed E-state index contributed by atoms with van der Waals surface area (Å²) in [6.07, 6.45) is 3.86. The molecule has 1 unspecified atom stereocenters. The molecule has 17 heavy (non-hydrogen) atoms. The second-order valence-corrected chi connectivity index (χ2v) is 5.10. The molecule has 2 aliphatic rings. The first-order valence-electron chi connectivity index (χ1n) is 6.54. The summed E-state index contributed by atoms with van der Waals surface area (Å²) in [5.41, 5.74) is 2.63. The molecular formula is C14H20N2O. The molecule has 0 bridgehead atoms. The number of likely N-dealkylation sites (N-methyl/N-ethyl adjacent to an activating group) is 1. The van der Waals surface area contributed by atoms with Gasteiger partial charge in [-0.3, -0.25) is 0 Å². The van der Waals surface area contributed by atoms with Crippen molar-refractivity contribution >= 4 is 5.69 Å². The van der Waals surface area contributed by atoms with Gasteiger partial charge >= 0.3 is 0 Å². The number of hydrogen-bond acceptors (Lipinski definition) is 3. The van der Waals surface area contributed by atoms with Crippen molar-refractivity contribution in [3.05, 3.63) is 23.8 Å². The summed E-state index contributed by atoms with van der Waals surface area (Å²) >= 11 is 0. The summed E-state index contributed by atoms with van der Waals surface area (Å²) in [6, 6.07) is 6.36. The van der Waals surface area contributed by atoms with Crippen LogP contribution in [-0.2, 0) is 6.42 Å². The molecule has 1 aromatic rings. The van der Waals surface area contributed by atoms with Gasteiger partial charge in [-0.25, -0.2) is 0 Å². The van der Waals surface area contributed by atoms with E-state index >= 15 is 0 Å². The number of likely N-dealkylation sites (tertiary alicyclic amines) is 1. The third-order valence-corrected chi connectivity index (χ3v) is 3.69. The van der Waals surface area contributed by atoms with Gasteiger partial charge in [0.25, 0.3) is 0 Å². The first kappa shape index (κ1) is 10.9. The number of fused-ring (bicyclic) bond motifs is 1. The number of nitrogens with one attached hydrogen (secondary N) is 1. The van der Waals surface area contributed by atoms with Gasteiger partial charge in [0.1, 0.15) is 11.9 Å². The maximum Gasteiger partial charge on any atom is 0.125 e. The highest BCUT2D eigenvalue weighted by atomic mass is 16.5. The zero-order chi connectivity index (χ0) is 11.7. The second kappa shape index (κ2) is 4.57. The fourth-order valence-electron chi connectivity index (χ4n) is 2.76. The van der Waals surface area contributed by atoms with Crippen LogP contribution in [0.5, 0.6) is 5.75 Å². The zero-order valence-electron chi connectivity index (χ0n) is 10.4. The van der Waals surface area contributed by atoms with Crippen LogP contribution < -0.4 is 10.1 Å². The van der Waals surface area contributed by atoms with Crippen LogP contribution in [0.25, 0.3) is 0 Å². The highest BCUT2D eigenvalue weighted by Gasteiger charge is 2.22. The molecule has 2 aliphatic heterocycles. The Morgan fingerprint density at radius 3 is 3.18 bits per heavy atom. The Morgan fingerprint density at radius 1 is 1.41 bits per heavy atom. The quantitative estimate of drug-likeness (QED) is 0.845. The highest BCUT2D eigenvalue weighted by molar-refractivity contribution is 5.59. The Morgan fingerprint density at radius 2 is 2.35 bits per heavy atom. The number of ether oxygens (including phenoxy) is 1. The molecule has 3 nitrogen and oxygen atoms in total. The molecule has 1 saturated heterocycles. The number of benzene rings is 1. The Hall–Kier alpha value is -1.22. The minimum absolute atomic E-state index is 0.369. The van der Waals surface area contributed by atoms with E-state index in [4.69, 9.17) is 4.74 Å². The van der Waals surface area contributed by atoms with Crippen molar-refractivity contribution in [2.24, 2.45) is 0 Å². The van der Waals surface area contributed by atoms with Gasteiger partial charge in [-0.15, -0.1) is 0 Å². The van der Waals surface area contributed by atoms with Gasteiger partial charge in [0, 0.05) is 30.9 Å². The fourth-order valence-corrected chi connectivity index (χ4v) is 2.76. The highest BCUT2D eigenvalue weighted by Crippen LogP contribution is 2.32. The van der Waals surface area contributed by atoms with Gasteiger partial charge < -0.3 is 15.0 Å². The summed E-state index contributed by atoms with van der Waals surface area (Å²) in [5.74, 6) is 1.09. The van der Waals surface area contributed by atoms with E-state index in [-0.39, 0.29) is 0 Å². The molecule has 2 heterocycles. The van der Waals surface area contributed by atoms with Crippen LogP contribution in [0.3, 0.4) is 0 Å². The monoisotopic (exact) mass is 232 g/mol. The molecule has 0 aliphatic carbocycles. The minimum Gasteiger partial charge on any atom is -0.489 e. The molecular weight excluding hydrogens is 212 g/mol. The molecule has 1 atom stereocenters. The van der Waals surface area contributed by atoms with Crippen LogP contribution in [-0.4, -0.2) is 37.7 Å². The molecule has 3 heteroatoms. The van der Waals surface area contributed by atoms with Gasteiger partial charge in [0.05, 0.1) is 0 Å². The average molecular weight is 232 g/mol. The SMILES string of the molecule is CN1CCC(Oc2cccc3c2CCCN3)C1. The molecule has 3 rings (SSSR count). The largest absolute Gasteiger partial charge is 0.489 e. The van der Waals surface area contributed by atoms with E-state index in [2.05, 4.69) is 35.5 Å². The molecule has 0 saturated carbocycles. The summed E-state index contributed by atoms with van der Waals surface area (Å²) in [4.78, 5) is 2.33. The van der Waals surface area contributed by atoms with Crippen molar-refractivity contribution in [1.82, 2.24) is 4.90 Å². The summed E-state index contributed by atoms with van der Waals surface area (Å²) in [7, 11) is 2.16. The van der Waals surface area contributed by atoms with Crippen molar-refractivity contribution in [3.8, 4) is 5.75 Å². The zero-order valence-corrected chi connectivity index (χ0v) is 10.4. The third kappa shape index (κ3) is 2.25. The maximum atomic E-state index is 6.16. The maximum absolute atomic E-state index is 6.16. The van der Waals surface area contributed by atoms with E-state index in [9.17, 15) is 0 Å². The number of hydrogen-bond donors (Lipinski definition) is 1. The Kier molecular flexibility index (Phi) is 2.93. The molecule has 0 radical (unpaired) electrons. The molecule has 1 fully saturated rings. The van der Waals surface area contributed by atoms with Crippen LogP contribution in [0.2, 0.25) is 0 Å².